The van der Waals surface area contributed by atoms with Crippen LogP contribution in [-0.2, 0) is 9.59 Å². The SMILES string of the molecule is CC(=O)Oc1ccc2cc(C(=O)O)ccc2c1.CC(=O)Oc1ccc2cc(C(=O)Oc3cc(F)c(F)c(F)c3)ccc2c1.Oc1cc(F)c(F)c(F)c1. The highest BCUT2D eigenvalue weighted by atomic mass is 19.2. The maximum absolute atomic E-state index is 13.2. The van der Waals surface area contributed by atoms with Crippen LogP contribution >= 0.6 is 0 Å². The molecule has 0 atom stereocenters. The van der Waals surface area contributed by atoms with Crippen LogP contribution in [0.3, 0.4) is 0 Å². The van der Waals surface area contributed by atoms with Gasteiger partial charge in [-0.15, -0.1) is 0 Å². The molecule has 0 saturated carbocycles. The Labute approximate surface area is 295 Å². The number of carbonyl (C=O) groups is 4. The van der Waals surface area contributed by atoms with Gasteiger partial charge in [-0.1, -0.05) is 24.3 Å². The van der Waals surface area contributed by atoms with E-state index >= 15 is 0 Å². The Hall–Kier alpha value is -6.90. The molecule has 0 aliphatic heterocycles. The second kappa shape index (κ2) is 16.9. The summed E-state index contributed by atoms with van der Waals surface area (Å²) < 4.78 is 90.3. The number of carbonyl (C=O) groups excluding carboxylic acids is 3. The molecule has 2 N–H and O–H groups in total. The summed E-state index contributed by atoms with van der Waals surface area (Å²) >= 11 is 0. The van der Waals surface area contributed by atoms with Crippen molar-refractivity contribution in [1.29, 1.82) is 0 Å². The Morgan fingerprint density at radius 3 is 1.28 bits per heavy atom. The van der Waals surface area contributed by atoms with Gasteiger partial charge in [-0.25, -0.2) is 35.9 Å². The van der Waals surface area contributed by atoms with E-state index in [1.54, 1.807) is 54.6 Å². The molecular weight excluding hydrogens is 714 g/mol. The maximum Gasteiger partial charge on any atom is 0.343 e. The molecule has 0 aliphatic carbocycles. The third kappa shape index (κ3) is 10.6. The fourth-order valence-electron chi connectivity index (χ4n) is 4.47. The van der Waals surface area contributed by atoms with E-state index in [1.165, 1.54) is 32.0 Å². The van der Waals surface area contributed by atoms with Gasteiger partial charge in [0.1, 0.15) is 23.0 Å². The monoisotopic (exact) mass is 738 g/mol. The number of hydrogen-bond donors (Lipinski definition) is 2. The van der Waals surface area contributed by atoms with Crippen molar-refractivity contribution in [2.75, 3.05) is 0 Å². The number of phenols is 1. The first kappa shape index (κ1) is 38.9. The van der Waals surface area contributed by atoms with Crippen LogP contribution in [0, 0.1) is 34.9 Å². The molecule has 0 bridgehead atoms. The van der Waals surface area contributed by atoms with Crippen LogP contribution in [0.25, 0.3) is 21.5 Å². The standard InChI is InChI=1S/C19H11F3O4.C13H10O4.C6H3F3O/c1-10(23)25-14-5-4-11-6-13(3-2-12(11)7-14)19(24)26-15-8-16(20)18(22)17(21)9-15;1-8(14)17-12-5-4-9-6-11(13(15)16)3-2-10(9)7-12;7-4-1-3(10)2-5(8)6(4)9/h2-9H,1H3;2-7H,1H3,(H,15,16);1-2,10H. The maximum atomic E-state index is 13.2. The number of carboxylic acid groups (broad SMARTS) is 1. The number of carboxylic acids is 1. The van der Waals surface area contributed by atoms with Gasteiger partial charge in [0.15, 0.2) is 34.9 Å². The van der Waals surface area contributed by atoms with Crippen molar-refractivity contribution in [2.24, 2.45) is 0 Å². The average Bonchev–Trinajstić information content (AvgIpc) is 3.09. The van der Waals surface area contributed by atoms with E-state index in [-0.39, 0.29) is 17.1 Å². The summed E-state index contributed by atoms with van der Waals surface area (Å²) in [6, 6.07) is 21.4. The van der Waals surface area contributed by atoms with Gasteiger partial charge in [0.25, 0.3) is 0 Å². The largest absolute Gasteiger partial charge is 0.508 e. The number of aromatic hydroxyl groups is 1. The van der Waals surface area contributed by atoms with Crippen LogP contribution in [0.15, 0.2) is 97.1 Å². The van der Waals surface area contributed by atoms with E-state index in [4.69, 9.17) is 24.4 Å². The van der Waals surface area contributed by atoms with Crippen molar-refractivity contribution < 1.29 is 69.9 Å². The second-order valence-electron chi connectivity index (χ2n) is 10.8. The molecular formula is C38H24F6O9. The van der Waals surface area contributed by atoms with Gasteiger partial charge in [-0.2, -0.15) is 0 Å². The Bertz CT molecular complexity index is 2330. The van der Waals surface area contributed by atoms with E-state index in [0.717, 1.165) is 10.8 Å². The summed E-state index contributed by atoms with van der Waals surface area (Å²) in [4.78, 5) is 44.7. The molecule has 272 valence electrons. The van der Waals surface area contributed by atoms with E-state index < -0.39 is 64.3 Å². The van der Waals surface area contributed by atoms with E-state index in [2.05, 4.69) is 0 Å². The lowest BCUT2D eigenvalue weighted by Crippen LogP contribution is -2.09. The highest BCUT2D eigenvalue weighted by Crippen LogP contribution is 2.25. The van der Waals surface area contributed by atoms with E-state index in [1.807, 2.05) is 0 Å². The molecule has 6 rings (SSSR count). The van der Waals surface area contributed by atoms with Crippen LogP contribution in [-0.4, -0.2) is 34.1 Å². The Morgan fingerprint density at radius 2 is 0.849 bits per heavy atom. The first-order chi connectivity index (χ1) is 25.0. The molecule has 0 saturated heterocycles. The van der Waals surface area contributed by atoms with Gasteiger partial charge >= 0.3 is 23.9 Å². The highest BCUT2D eigenvalue weighted by Gasteiger charge is 2.16. The molecule has 0 amide bonds. The van der Waals surface area contributed by atoms with Crippen LogP contribution in [0.2, 0.25) is 0 Å². The summed E-state index contributed by atoms with van der Waals surface area (Å²) in [7, 11) is 0. The molecule has 0 spiro atoms. The lowest BCUT2D eigenvalue weighted by atomic mass is 10.1. The van der Waals surface area contributed by atoms with E-state index in [9.17, 15) is 45.5 Å². The summed E-state index contributed by atoms with van der Waals surface area (Å²) in [5.41, 5.74) is 0.362. The Kier molecular flexibility index (Phi) is 12.4. The quantitative estimate of drug-likeness (QED) is 0.0771. The molecule has 0 aromatic heterocycles. The molecule has 53 heavy (non-hydrogen) atoms. The first-order valence-electron chi connectivity index (χ1n) is 14.9. The normalized spacial score (nSPS) is 10.3. The lowest BCUT2D eigenvalue weighted by Gasteiger charge is -2.07. The van der Waals surface area contributed by atoms with Gasteiger partial charge in [-0.3, -0.25) is 9.59 Å². The van der Waals surface area contributed by atoms with Crippen LogP contribution in [0.5, 0.6) is 23.0 Å². The number of ether oxygens (including phenoxy) is 3. The van der Waals surface area contributed by atoms with Gasteiger partial charge in [-0.05, 0) is 70.1 Å². The van der Waals surface area contributed by atoms with Crippen molar-refractivity contribution in [1.82, 2.24) is 0 Å². The zero-order chi connectivity index (χ0) is 39.0. The van der Waals surface area contributed by atoms with Gasteiger partial charge in [0.2, 0.25) is 0 Å². The fraction of sp³-hybridized carbons (Fsp3) is 0.0526. The first-order valence-corrected chi connectivity index (χ1v) is 14.9. The molecule has 6 aromatic carbocycles. The zero-order valence-corrected chi connectivity index (χ0v) is 27.3. The summed E-state index contributed by atoms with van der Waals surface area (Å²) in [6.07, 6.45) is 0. The molecule has 0 unspecified atom stereocenters. The summed E-state index contributed by atoms with van der Waals surface area (Å²) in [5.74, 6) is -11.8. The number of esters is 3. The van der Waals surface area contributed by atoms with Gasteiger partial charge < -0.3 is 24.4 Å². The van der Waals surface area contributed by atoms with Crippen molar-refractivity contribution >= 4 is 45.4 Å². The number of benzene rings is 6. The predicted molar refractivity (Wildman–Crippen MR) is 177 cm³/mol. The van der Waals surface area contributed by atoms with Crippen LogP contribution in [0.4, 0.5) is 26.3 Å². The Balaban J connectivity index is 0.000000198. The van der Waals surface area contributed by atoms with Crippen molar-refractivity contribution in [3.63, 3.8) is 0 Å². The van der Waals surface area contributed by atoms with Crippen molar-refractivity contribution in [3.8, 4) is 23.0 Å². The number of hydrogen-bond acceptors (Lipinski definition) is 8. The highest BCUT2D eigenvalue weighted by molar-refractivity contribution is 5.97. The van der Waals surface area contributed by atoms with Gasteiger partial charge in [0.05, 0.1) is 11.1 Å². The average molecular weight is 739 g/mol. The second-order valence-corrected chi connectivity index (χ2v) is 10.8. The number of halogens is 6. The molecule has 9 nitrogen and oxygen atoms in total. The summed E-state index contributed by atoms with van der Waals surface area (Å²) in [5, 5.41) is 20.3. The van der Waals surface area contributed by atoms with Crippen LogP contribution < -0.4 is 14.2 Å². The summed E-state index contributed by atoms with van der Waals surface area (Å²) in [6.45, 7) is 2.61. The minimum Gasteiger partial charge on any atom is -0.508 e. The van der Waals surface area contributed by atoms with Crippen LogP contribution in [0.1, 0.15) is 34.6 Å². The minimum atomic E-state index is -1.64. The zero-order valence-electron chi connectivity index (χ0n) is 27.3. The molecule has 0 aliphatic rings. The van der Waals surface area contributed by atoms with Crippen molar-refractivity contribution in [3.05, 3.63) is 143 Å². The number of rotatable bonds is 5. The molecule has 0 heterocycles. The van der Waals surface area contributed by atoms with Crippen molar-refractivity contribution in [2.45, 2.75) is 13.8 Å². The molecule has 15 heteroatoms. The topological polar surface area (TPSA) is 136 Å². The third-order valence-corrected chi connectivity index (χ3v) is 6.77. The third-order valence-electron chi connectivity index (χ3n) is 6.77. The lowest BCUT2D eigenvalue weighted by molar-refractivity contribution is -0.132. The minimum absolute atomic E-state index is 0.128. The van der Waals surface area contributed by atoms with Gasteiger partial charge in [0, 0.05) is 38.1 Å². The number of phenolic OH excluding ortho intramolecular Hbond substituents is 1. The smallest absolute Gasteiger partial charge is 0.343 e. The number of fused-ring (bicyclic) bond motifs is 2. The molecule has 0 radical (unpaired) electrons. The number of aromatic carboxylic acids is 1. The fourth-order valence-corrected chi connectivity index (χ4v) is 4.47. The van der Waals surface area contributed by atoms with E-state index in [0.29, 0.717) is 46.5 Å². The molecule has 6 aromatic rings. The predicted octanol–water partition coefficient (Wildman–Crippen LogP) is 8.67. The molecule has 0 fully saturated rings. The Morgan fingerprint density at radius 1 is 0.472 bits per heavy atom.